The van der Waals surface area contributed by atoms with Gasteiger partial charge < -0.3 is 4.90 Å². The van der Waals surface area contributed by atoms with Gasteiger partial charge in [0.05, 0.1) is 6.42 Å². The van der Waals surface area contributed by atoms with Crippen LogP contribution in [0.25, 0.3) is 0 Å². The van der Waals surface area contributed by atoms with Crippen LogP contribution in [-0.4, -0.2) is 23.9 Å². The number of benzene rings is 1. The summed E-state index contributed by atoms with van der Waals surface area (Å²) in [6, 6.07) is 4.71. The van der Waals surface area contributed by atoms with Crippen LogP contribution in [-0.2, 0) is 11.2 Å². The molecule has 0 aliphatic heterocycles. The number of amides is 1. The molecule has 1 aromatic rings. The highest BCUT2D eigenvalue weighted by Crippen LogP contribution is 2.17. The number of carbonyl (C=O) groups is 1. The topological polar surface area (TPSA) is 20.3 Å². The number of unbranched alkanes of at least 4 members (excludes halogenated alkanes) is 1. The smallest absolute Gasteiger partial charge is 0.227 e. The van der Waals surface area contributed by atoms with Gasteiger partial charge in [-0.1, -0.05) is 36.2 Å². The maximum atomic E-state index is 13.6. The largest absolute Gasteiger partial charge is 0.342 e. The molecule has 0 fully saturated rings. The summed E-state index contributed by atoms with van der Waals surface area (Å²) in [5, 5.41) is 0. The van der Waals surface area contributed by atoms with Gasteiger partial charge in [-0.2, -0.15) is 0 Å². The first-order valence-electron chi connectivity index (χ1n) is 6.80. The summed E-state index contributed by atoms with van der Waals surface area (Å²) in [4.78, 5) is 14.1. The Kier molecular flexibility index (Phi) is 7.06. The van der Waals surface area contributed by atoms with Crippen molar-refractivity contribution >= 4 is 21.8 Å². The van der Waals surface area contributed by atoms with E-state index in [1.807, 2.05) is 11.8 Å². The highest BCUT2D eigenvalue weighted by Gasteiger charge is 2.15. The SMILES string of the molecule is CCCCN(CCC)C(=O)Cc1cc(Br)ccc1F. The van der Waals surface area contributed by atoms with Crippen molar-refractivity contribution in [3.8, 4) is 0 Å². The van der Waals surface area contributed by atoms with Gasteiger partial charge in [-0.25, -0.2) is 4.39 Å². The molecule has 0 saturated carbocycles. The van der Waals surface area contributed by atoms with Crippen LogP contribution in [0.4, 0.5) is 4.39 Å². The Bertz CT molecular complexity index is 423. The maximum absolute atomic E-state index is 13.6. The molecule has 0 atom stereocenters. The second-order valence-corrected chi connectivity index (χ2v) is 5.56. The van der Waals surface area contributed by atoms with E-state index in [9.17, 15) is 9.18 Å². The molecule has 0 N–H and O–H groups in total. The average molecular weight is 330 g/mol. The van der Waals surface area contributed by atoms with Crippen molar-refractivity contribution in [3.63, 3.8) is 0 Å². The second-order valence-electron chi connectivity index (χ2n) is 4.65. The molecule has 4 heteroatoms. The summed E-state index contributed by atoms with van der Waals surface area (Å²) in [7, 11) is 0. The molecule has 0 aromatic heterocycles. The third kappa shape index (κ3) is 5.31. The number of hydrogen-bond acceptors (Lipinski definition) is 1. The molecule has 0 bridgehead atoms. The van der Waals surface area contributed by atoms with Crippen LogP contribution in [0.15, 0.2) is 22.7 Å². The molecule has 1 amide bonds. The zero-order valence-electron chi connectivity index (χ0n) is 11.6. The summed E-state index contributed by atoms with van der Waals surface area (Å²) in [5.74, 6) is -0.309. The minimum atomic E-state index is -0.316. The quantitative estimate of drug-likeness (QED) is 0.735. The third-order valence-electron chi connectivity index (χ3n) is 2.98. The van der Waals surface area contributed by atoms with Gasteiger partial charge in [0, 0.05) is 17.6 Å². The molecule has 0 aliphatic rings. The van der Waals surface area contributed by atoms with E-state index in [-0.39, 0.29) is 18.1 Å². The Morgan fingerprint density at radius 1 is 1.26 bits per heavy atom. The minimum absolute atomic E-state index is 0.00676. The van der Waals surface area contributed by atoms with E-state index in [0.29, 0.717) is 5.56 Å². The van der Waals surface area contributed by atoms with Gasteiger partial charge in [0.2, 0.25) is 5.91 Å². The summed E-state index contributed by atoms with van der Waals surface area (Å²) in [6.07, 6.45) is 3.11. The number of hydrogen-bond donors (Lipinski definition) is 0. The molecule has 1 aromatic carbocycles. The average Bonchev–Trinajstić information content (AvgIpc) is 2.38. The van der Waals surface area contributed by atoms with Gasteiger partial charge in [-0.3, -0.25) is 4.79 Å². The predicted octanol–water partition coefficient (Wildman–Crippen LogP) is 4.17. The lowest BCUT2D eigenvalue weighted by atomic mass is 10.1. The lowest BCUT2D eigenvalue weighted by Crippen LogP contribution is -2.34. The fraction of sp³-hybridized carbons (Fsp3) is 0.533. The molecule has 0 spiro atoms. The van der Waals surface area contributed by atoms with Crippen LogP contribution in [0.3, 0.4) is 0 Å². The highest BCUT2D eigenvalue weighted by atomic mass is 79.9. The van der Waals surface area contributed by atoms with Crippen LogP contribution in [0.1, 0.15) is 38.7 Å². The molecule has 0 radical (unpaired) electrons. The van der Waals surface area contributed by atoms with Gasteiger partial charge in [0.15, 0.2) is 0 Å². The van der Waals surface area contributed by atoms with Gasteiger partial charge in [0.1, 0.15) is 5.82 Å². The van der Waals surface area contributed by atoms with Crippen LogP contribution in [0, 0.1) is 5.82 Å². The summed E-state index contributed by atoms with van der Waals surface area (Å²) < 4.78 is 14.4. The fourth-order valence-corrected chi connectivity index (χ4v) is 2.34. The standard InChI is InChI=1S/C15H21BrFNO/c1-3-5-9-18(8-4-2)15(19)11-12-10-13(16)6-7-14(12)17/h6-7,10H,3-5,8-9,11H2,1-2H3. The van der Waals surface area contributed by atoms with E-state index in [1.54, 1.807) is 12.1 Å². The first-order chi connectivity index (χ1) is 9.08. The Morgan fingerprint density at radius 3 is 2.63 bits per heavy atom. The zero-order chi connectivity index (χ0) is 14.3. The molecule has 0 saturated heterocycles. The highest BCUT2D eigenvalue weighted by molar-refractivity contribution is 9.10. The number of carbonyl (C=O) groups excluding carboxylic acids is 1. The molecule has 1 rings (SSSR count). The van der Waals surface area contributed by atoms with E-state index in [0.717, 1.165) is 36.8 Å². The van der Waals surface area contributed by atoms with Crippen molar-refractivity contribution in [2.45, 2.75) is 39.5 Å². The van der Waals surface area contributed by atoms with Crippen LogP contribution >= 0.6 is 15.9 Å². The Hall–Kier alpha value is -0.900. The van der Waals surface area contributed by atoms with Gasteiger partial charge in [-0.15, -0.1) is 0 Å². The van der Waals surface area contributed by atoms with Crippen LogP contribution in [0.5, 0.6) is 0 Å². The summed E-state index contributed by atoms with van der Waals surface area (Å²) in [6.45, 7) is 5.65. The number of nitrogens with zero attached hydrogens (tertiary/aromatic N) is 1. The Balaban J connectivity index is 2.71. The molecule has 0 aliphatic carbocycles. The molecular weight excluding hydrogens is 309 g/mol. The Morgan fingerprint density at radius 2 is 2.00 bits per heavy atom. The Labute approximate surface area is 123 Å². The molecule has 106 valence electrons. The lowest BCUT2D eigenvalue weighted by Gasteiger charge is -2.22. The monoisotopic (exact) mass is 329 g/mol. The summed E-state index contributed by atoms with van der Waals surface area (Å²) >= 11 is 3.30. The van der Waals surface area contributed by atoms with E-state index < -0.39 is 0 Å². The van der Waals surface area contributed by atoms with Crippen LogP contribution < -0.4 is 0 Å². The van der Waals surface area contributed by atoms with Crippen LogP contribution in [0.2, 0.25) is 0 Å². The molecular formula is C15H21BrFNO. The first-order valence-corrected chi connectivity index (χ1v) is 7.59. The first kappa shape index (κ1) is 16.2. The molecule has 0 heterocycles. The second kappa shape index (κ2) is 8.31. The number of rotatable bonds is 7. The molecule has 0 unspecified atom stereocenters. The lowest BCUT2D eigenvalue weighted by molar-refractivity contribution is -0.130. The number of halogens is 2. The minimum Gasteiger partial charge on any atom is -0.342 e. The van der Waals surface area contributed by atoms with E-state index in [4.69, 9.17) is 0 Å². The fourth-order valence-electron chi connectivity index (χ4n) is 1.93. The third-order valence-corrected chi connectivity index (χ3v) is 3.47. The van der Waals surface area contributed by atoms with Crippen molar-refractivity contribution < 1.29 is 9.18 Å². The van der Waals surface area contributed by atoms with E-state index in [2.05, 4.69) is 22.9 Å². The predicted molar refractivity (Wildman–Crippen MR) is 79.6 cm³/mol. The van der Waals surface area contributed by atoms with Gasteiger partial charge in [0.25, 0.3) is 0 Å². The van der Waals surface area contributed by atoms with Crippen molar-refractivity contribution in [1.29, 1.82) is 0 Å². The molecule has 19 heavy (non-hydrogen) atoms. The zero-order valence-corrected chi connectivity index (χ0v) is 13.2. The maximum Gasteiger partial charge on any atom is 0.227 e. The van der Waals surface area contributed by atoms with E-state index in [1.165, 1.54) is 6.07 Å². The molecule has 2 nitrogen and oxygen atoms in total. The van der Waals surface area contributed by atoms with Crippen molar-refractivity contribution in [2.24, 2.45) is 0 Å². The van der Waals surface area contributed by atoms with Gasteiger partial charge >= 0.3 is 0 Å². The normalized spacial score (nSPS) is 10.5. The van der Waals surface area contributed by atoms with Crippen molar-refractivity contribution in [3.05, 3.63) is 34.1 Å². The van der Waals surface area contributed by atoms with Gasteiger partial charge in [-0.05, 0) is 36.6 Å². The van der Waals surface area contributed by atoms with Crippen molar-refractivity contribution in [2.75, 3.05) is 13.1 Å². The van der Waals surface area contributed by atoms with Crippen molar-refractivity contribution in [1.82, 2.24) is 4.90 Å². The van der Waals surface area contributed by atoms with E-state index >= 15 is 0 Å². The summed E-state index contributed by atoms with van der Waals surface area (Å²) in [5.41, 5.74) is 0.456.